The number of nitrogens with one attached hydrogen (secondary N) is 1. The van der Waals surface area contributed by atoms with Gasteiger partial charge in [-0.3, -0.25) is 9.59 Å². The van der Waals surface area contributed by atoms with Gasteiger partial charge in [0.15, 0.2) is 17.3 Å². The van der Waals surface area contributed by atoms with E-state index in [9.17, 15) is 19.8 Å². The number of hydrogen-bond donors (Lipinski definition) is 4. The number of piperidine rings is 1. The predicted octanol–water partition coefficient (Wildman–Crippen LogP) is 1.56. The SMILES string of the molecule is C[C@@H](NC(=O)[C@H](O)[C@@H](O)C(=O)N1CCCCC1c1csc(N)n1)c1ccc(-n2cccn2)cc1. The highest BCUT2D eigenvalue weighted by Crippen LogP contribution is 2.32. The summed E-state index contributed by atoms with van der Waals surface area (Å²) >= 11 is 1.28. The van der Waals surface area contributed by atoms with Gasteiger partial charge in [-0.05, 0) is 49.9 Å². The van der Waals surface area contributed by atoms with Crippen LogP contribution in [0.4, 0.5) is 5.13 Å². The number of carbonyl (C=O) groups is 2. The van der Waals surface area contributed by atoms with E-state index in [2.05, 4.69) is 15.4 Å². The first-order valence-corrected chi connectivity index (χ1v) is 12.0. The number of aliphatic hydroxyl groups is 2. The molecule has 34 heavy (non-hydrogen) atoms. The lowest BCUT2D eigenvalue weighted by molar-refractivity contribution is -0.156. The van der Waals surface area contributed by atoms with Gasteiger partial charge in [0.25, 0.3) is 11.8 Å². The summed E-state index contributed by atoms with van der Waals surface area (Å²) in [5, 5.41) is 30.0. The molecule has 180 valence electrons. The van der Waals surface area contributed by atoms with Gasteiger partial charge >= 0.3 is 0 Å². The zero-order chi connectivity index (χ0) is 24.2. The molecular weight excluding hydrogens is 456 g/mol. The highest BCUT2D eigenvalue weighted by atomic mass is 32.1. The number of likely N-dealkylation sites (tertiary alicyclic amines) is 1. The Labute approximate surface area is 201 Å². The molecule has 0 radical (unpaired) electrons. The molecule has 3 heterocycles. The molecule has 4 rings (SSSR count). The number of anilines is 1. The summed E-state index contributed by atoms with van der Waals surface area (Å²) in [6.45, 7) is 2.17. The summed E-state index contributed by atoms with van der Waals surface area (Å²) in [5.74, 6) is -1.52. The van der Waals surface area contributed by atoms with Crippen molar-refractivity contribution in [2.24, 2.45) is 0 Å². The van der Waals surface area contributed by atoms with Gasteiger partial charge in [-0.25, -0.2) is 9.67 Å². The number of benzene rings is 1. The molecule has 1 aliphatic heterocycles. The minimum atomic E-state index is -1.90. The monoisotopic (exact) mass is 484 g/mol. The number of nitrogen functional groups attached to an aromatic ring is 1. The first-order valence-electron chi connectivity index (χ1n) is 11.1. The third-order valence-electron chi connectivity index (χ3n) is 6.01. The van der Waals surface area contributed by atoms with Gasteiger partial charge in [-0.2, -0.15) is 5.10 Å². The fourth-order valence-corrected chi connectivity index (χ4v) is 4.73. The summed E-state index contributed by atoms with van der Waals surface area (Å²) in [4.78, 5) is 31.4. The van der Waals surface area contributed by atoms with Crippen LogP contribution in [0.25, 0.3) is 5.69 Å². The first kappa shape index (κ1) is 23.9. The van der Waals surface area contributed by atoms with Crippen LogP contribution in [0.1, 0.15) is 49.5 Å². The van der Waals surface area contributed by atoms with Gasteiger partial charge in [0.05, 0.1) is 23.5 Å². The lowest BCUT2D eigenvalue weighted by Gasteiger charge is -2.36. The van der Waals surface area contributed by atoms with E-state index < -0.39 is 30.1 Å². The Kier molecular flexibility index (Phi) is 7.25. The Morgan fingerprint density at radius 2 is 1.97 bits per heavy atom. The maximum absolute atomic E-state index is 13.0. The van der Waals surface area contributed by atoms with E-state index in [-0.39, 0.29) is 6.04 Å². The van der Waals surface area contributed by atoms with Gasteiger partial charge in [-0.1, -0.05) is 12.1 Å². The van der Waals surface area contributed by atoms with Crippen LogP contribution in [0.3, 0.4) is 0 Å². The molecule has 0 bridgehead atoms. The number of carbonyl (C=O) groups excluding carboxylic acids is 2. The van der Waals surface area contributed by atoms with Crippen molar-refractivity contribution in [1.29, 1.82) is 0 Å². The van der Waals surface area contributed by atoms with E-state index in [1.807, 2.05) is 36.5 Å². The predicted molar refractivity (Wildman–Crippen MR) is 127 cm³/mol. The summed E-state index contributed by atoms with van der Waals surface area (Å²) in [6.07, 6.45) is 2.07. The average molecular weight is 485 g/mol. The van der Waals surface area contributed by atoms with Crippen molar-refractivity contribution in [2.75, 3.05) is 12.3 Å². The molecule has 1 unspecified atom stereocenters. The molecule has 10 nitrogen and oxygen atoms in total. The number of amides is 2. The number of thiazole rings is 1. The largest absolute Gasteiger partial charge is 0.380 e. The van der Waals surface area contributed by atoms with Crippen LogP contribution >= 0.6 is 11.3 Å². The van der Waals surface area contributed by atoms with E-state index in [1.165, 1.54) is 16.2 Å². The third kappa shape index (κ3) is 5.11. The minimum absolute atomic E-state index is 0.341. The Hall–Kier alpha value is -3.28. The van der Waals surface area contributed by atoms with Crippen LogP contribution in [-0.2, 0) is 9.59 Å². The zero-order valence-corrected chi connectivity index (χ0v) is 19.6. The molecule has 11 heteroatoms. The van der Waals surface area contributed by atoms with Crippen molar-refractivity contribution in [2.45, 2.75) is 50.5 Å². The zero-order valence-electron chi connectivity index (χ0n) is 18.7. The highest BCUT2D eigenvalue weighted by Gasteiger charge is 2.38. The fourth-order valence-electron chi connectivity index (χ4n) is 4.12. The quantitative estimate of drug-likeness (QED) is 0.398. The van der Waals surface area contributed by atoms with Crippen molar-refractivity contribution in [1.82, 2.24) is 25.0 Å². The summed E-state index contributed by atoms with van der Waals surface area (Å²) < 4.78 is 1.71. The van der Waals surface area contributed by atoms with E-state index in [0.717, 1.165) is 24.1 Å². The van der Waals surface area contributed by atoms with Crippen molar-refractivity contribution >= 4 is 28.3 Å². The van der Waals surface area contributed by atoms with Crippen LogP contribution in [0, 0.1) is 0 Å². The molecule has 0 saturated carbocycles. The topological polar surface area (TPSA) is 147 Å². The number of nitrogens with two attached hydrogens (primary N) is 1. The van der Waals surface area contributed by atoms with E-state index >= 15 is 0 Å². The minimum Gasteiger partial charge on any atom is -0.380 e. The third-order valence-corrected chi connectivity index (χ3v) is 6.70. The van der Waals surface area contributed by atoms with Gasteiger partial charge in [0.1, 0.15) is 0 Å². The van der Waals surface area contributed by atoms with Gasteiger partial charge in [0, 0.05) is 24.3 Å². The maximum atomic E-state index is 13.0. The standard InChI is InChI=1S/C23H28N6O4S/c1-14(15-6-8-16(9-7-15)29-12-4-10-25-29)26-21(32)19(30)20(31)22(33)28-11-3-2-5-18(28)17-13-34-23(24)27-17/h4,6-10,12-14,18-20,30-31H,2-3,5,11H2,1H3,(H2,24,27)(H,26,32)/t14-,18?,19-,20-/m1/s1. The molecule has 4 atom stereocenters. The molecule has 2 amide bonds. The first-order chi connectivity index (χ1) is 16.3. The van der Waals surface area contributed by atoms with Crippen LogP contribution in [0.2, 0.25) is 0 Å². The van der Waals surface area contributed by atoms with Gasteiger partial charge in [0.2, 0.25) is 0 Å². The Morgan fingerprint density at radius 3 is 2.62 bits per heavy atom. The molecule has 0 spiro atoms. The fraction of sp³-hybridized carbons (Fsp3) is 0.391. The number of hydrogen-bond acceptors (Lipinski definition) is 8. The summed E-state index contributed by atoms with van der Waals surface area (Å²) in [7, 11) is 0. The Bertz CT molecular complexity index is 1120. The smallest absolute Gasteiger partial charge is 0.255 e. The van der Waals surface area contributed by atoms with Crippen molar-refractivity contribution in [3.63, 3.8) is 0 Å². The van der Waals surface area contributed by atoms with Crippen LogP contribution in [-0.4, -0.2) is 60.4 Å². The Morgan fingerprint density at radius 1 is 1.21 bits per heavy atom. The molecule has 1 fully saturated rings. The van der Waals surface area contributed by atoms with Gasteiger partial charge < -0.3 is 26.2 Å². The van der Waals surface area contributed by atoms with Gasteiger partial charge in [-0.15, -0.1) is 11.3 Å². The molecule has 1 aromatic carbocycles. The van der Waals surface area contributed by atoms with Crippen LogP contribution in [0.5, 0.6) is 0 Å². The van der Waals surface area contributed by atoms with E-state index in [4.69, 9.17) is 5.73 Å². The number of aliphatic hydroxyl groups excluding tert-OH is 2. The molecule has 1 aliphatic rings. The molecule has 3 aromatic rings. The average Bonchev–Trinajstić information content (AvgIpc) is 3.55. The second kappa shape index (κ2) is 10.3. The number of rotatable bonds is 7. The van der Waals surface area contributed by atoms with Crippen LogP contribution < -0.4 is 11.1 Å². The lowest BCUT2D eigenvalue weighted by Crippen LogP contribution is -2.52. The molecule has 2 aromatic heterocycles. The summed E-state index contributed by atoms with van der Waals surface area (Å²) in [5.41, 5.74) is 8.07. The maximum Gasteiger partial charge on any atom is 0.255 e. The van der Waals surface area contributed by atoms with Crippen molar-refractivity contribution < 1.29 is 19.8 Å². The highest BCUT2D eigenvalue weighted by molar-refractivity contribution is 7.13. The Balaban J connectivity index is 1.38. The molecule has 1 saturated heterocycles. The molecule has 5 N–H and O–H groups in total. The summed E-state index contributed by atoms with van der Waals surface area (Å²) in [6, 6.07) is 8.44. The second-order valence-electron chi connectivity index (χ2n) is 8.32. The normalized spacial score (nSPS) is 18.8. The van der Waals surface area contributed by atoms with E-state index in [0.29, 0.717) is 23.8 Å². The van der Waals surface area contributed by atoms with Crippen LogP contribution in [0.15, 0.2) is 48.1 Å². The molecule has 0 aliphatic carbocycles. The van der Waals surface area contributed by atoms with Crippen molar-refractivity contribution in [3.05, 3.63) is 59.4 Å². The second-order valence-corrected chi connectivity index (χ2v) is 9.21. The molecular formula is C23H28N6O4S. The van der Waals surface area contributed by atoms with E-state index in [1.54, 1.807) is 23.2 Å². The number of aromatic nitrogens is 3. The number of nitrogens with zero attached hydrogens (tertiary/aromatic N) is 4. The van der Waals surface area contributed by atoms with Crippen molar-refractivity contribution in [3.8, 4) is 5.69 Å². The lowest BCUT2D eigenvalue weighted by atomic mass is 9.98.